The predicted molar refractivity (Wildman–Crippen MR) is 165 cm³/mol. The Kier molecular flexibility index (Phi) is 6.76. The second-order valence-corrected chi connectivity index (χ2v) is 12.8. The molecule has 0 spiro atoms. The van der Waals surface area contributed by atoms with Crippen molar-refractivity contribution in [1.29, 1.82) is 0 Å². The molecule has 4 aromatic rings. The summed E-state index contributed by atoms with van der Waals surface area (Å²) in [4.78, 5) is 54.0. The molecule has 2 amide bonds. The van der Waals surface area contributed by atoms with Crippen molar-refractivity contribution in [2.24, 2.45) is 11.8 Å². The van der Waals surface area contributed by atoms with Crippen LogP contribution in [0.15, 0.2) is 103 Å². The van der Waals surface area contributed by atoms with E-state index in [1.807, 2.05) is 61.5 Å². The number of rotatable bonds is 7. The van der Waals surface area contributed by atoms with Crippen LogP contribution in [0.4, 0.5) is 0 Å². The number of hydrogen-bond acceptors (Lipinski definition) is 5. The molecule has 0 unspecified atom stereocenters. The first-order valence-corrected chi connectivity index (χ1v) is 15.2. The normalized spacial score (nSPS) is 25.2. The maximum absolute atomic E-state index is 14.5. The van der Waals surface area contributed by atoms with Crippen LogP contribution in [-0.4, -0.2) is 41.1 Å². The molecule has 1 fully saturated rings. The lowest BCUT2D eigenvalue weighted by molar-refractivity contribution is -0.158. The van der Waals surface area contributed by atoms with Gasteiger partial charge in [-0.05, 0) is 34.7 Å². The average molecular weight is 625 g/mol. The zero-order chi connectivity index (χ0) is 30.8. The zero-order valence-electron chi connectivity index (χ0n) is 23.7. The Morgan fingerprint density at radius 2 is 1.18 bits per heavy atom. The lowest BCUT2D eigenvalue weighted by atomic mass is 9.54. The molecule has 8 rings (SSSR count). The van der Waals surface area contributed by atoms with Crippen LogP contribution in [-0.2, 0) is 35.3 Å². The molecule has 44 heavy (non-hydrogen) atoms. The van der Waals surface area contributed by atoms with Gasteiger partial charge in [0.15, 0.2) is 12.4 Å². The van der Waals surface area contributed by atoms with Crippen molar-refractivity contribution in [2.45, 2.75) is 29.1 Å². The van der Waals surface area contributed by atoms with Crippen LogP contribution in [0.1, 0.15) is 43.7 Å². The standard InChI is InChI=1S/C36H27Cl2NO5/c1-21-15-17-23(18-16-21)29(40)20-44-34(43)28(19-22-9-3-2-4-10-22)39-32(41)30-31(33(39)42)36(38)25-12-6-5-11-24(25)35(30,37)26-13-7-8-14-27(26)36/h2-18,28,30-31H,19-20H2,1H3/t28-,30+,31+,35?,36?/m0/s1. The summed E-state index contributed by atoms with van der Waals surface area (Å²) in [5.74, 6) is -4.55. The van der Waals surface area contributed by atoms with Crippen molar-refractivity contribution in [1.82, 2.24) is 4.90 Å². The summed E-state index contributed by atoms with van der Waals surface area (Å²) in [7, 11) is 0. The SMILES string of the molecule is Cc1ccc(C(=O)COC(=O)[C@H](Cc2ccccc2)N2C(=O)[C@H]3[C@H](C2=O)C2(Cl)c4ccccc4C3(Cl)c3ccccc32)cc1. The number of esters is 1. The van der Waals surface area contributed by atoms with Crippen LogP contribution in [0.3, 0.4) is 0 Å². The van der Waals surface area contributed by atoms with Gasteiger partial charge in [0.1, 0.15) is 15.8 Å². The number of halogens is 2. The van der Waals surface area contributed by atoms with E-state index in [0.717, 1.165) is 10.5 Å². The molecule has 3 aliphatic carbocycles. The summed E-state index contributed by atoms with van der Waals surface area (Å²) in [6.45, 7) is 1.37. The maximum Gasteiger partial charge on any atom is 0.330 e. The predicted octanol–water partition coefficient (Wildman–Crippen LogP) is 5.93. The molecule has 1 heterocycles. The average Bonchev–Trinajstić information content (AvgIpc) is 3.32. The van der Waals surface area contributed by atoms with Crippen LogP contribution < -0.4 is 0 Å². The molecule has 4 aliphatic rings. The number of nitrogens with zero attached hydrogens (tertiary/aromatic N) is 1. The number of ketones is 1. The first-order chi connectivity index (χ1) is 21.2. The summed E-state index contributed by atoms with van der Waals surface area (Å²) in [6, 6.07) is 29.4. The monoisotopic (exact) mass is 623 g/mol. The molecule has 6 nitrogen and oxygen atoms in total. The quantitative estimate of drug-likeness (QED) is 0.110. The number of alkyl halides is 2. The molecule has 1 saturated heterocycles. The summed E-state index contributed by atoms with van der Waals surface area (Å²) in [5.41, 5.74) is 4.78. The van der Waals surface area contributed by atoms with Crippen molar-refractivity contribution < 1.29 is 23.9 Å². The number of imide groups is 1. The van der Waals surface area contributed by atoms with Crippen LogP contribution >= 0.6 is 23.2 Å². The number of benzene rings is 4. The molecular formula is C36H27Cl2NO5. The van der Waals surface area contributed by atoms with Gasteiger partial charge in [-0.25, -0.2) is 4.79 Å². The Hall–Kier alpha value is -4.26. The highest BCUT2D eigenvalue weighted by molar-refractivity contribution is 6.36. The van der Waals surface area contributed by atoms with Gasteiger partial charge >= 0.3 is 5.97 Å². The fraction of sp³-hybridized carbons (Fsp3) is 0.222. The first-order valence-electron chi connectivity index (χ1n) is 14.4. The second-order valence-electron chi connectivity index (χ2n) is 11.6. The number of ether oxygens (including phenoxy) is 1. The van der Waals surface area contributed by atoms with Crippen molar-refractivity contribution in [3.8, 4) is 0 Å². The summed E-state index contributed by atoms with van der Waals surface area (Å²) >= 11 is 15.1. The molecule has 0 radical (unpaired) electrons. The van der Waals surface area contributed by atoms with Gasteiger partial charge in [0, 0.05) is 12.0 Å². The number of carbonyl (C=O) groups is 4. The molecule has 4 aromatic carbocycles. The molecule has 220 valence electrons. The van der Waals surface area contributed by atoms with Gasteiger partial charge < -0.3 is 4.74 Å². The Morgan fingerprint density at radius 3 is 1.66 bits per heavy atom. The topological polar surface area (TPSA) is 80.8 Å². The van der Waals surface area contributed by atoms with E-state index >= 15 is 0 Å². The highest BCUT2D eigenvalue weighted by Gasteiger charge is 2.73. The summed E-state index contributed by atoms with van der Waals surface area (Å²) in [5, 5.41) is 0. The number of hydrogen-bond donors (Lipinski definition) is 0. The Morgan fingerprint density at radius 1 is 0.727 bits per heavy atom. The van der Waals surface area contributed by atoms with E-state index < -0.39 is 57.8 Å². The lowest BCUT2D eigenvalue weighted by Gasteiger charge is -2.54. The number of Topliss-reactive ketones (excluding diaryl/α,β-unsaturated/α-hetero) is 1. The van der Waals surface area contributed by atoms with Crippen LogP contribution in [0.2, 0.25) is 0 Å². The Balaban J connectivity index is 1.28. The third-order valence-corrected chi connectivity index (χ3v) is 10.5. The van der Waals surface area contributed by atoms with Crippen LogP contribution in [0.25, 0.3) is 0 Å². The highest BCUT2D eigenvalue weighted by Crippen LogP contribution is 2.69. The first kappa shape index (κ1) is 28.5. The van der Waals surface area contributed by atoms with Gasteiger partial charge in [0.05, 0.1) is 11.8 Å². The molecule has 0 saturated carbocycles. The van der Waals surface area contributed by atoms with Gasteiger partial charge in [-0.2, -0.15) is 0 Å². The lowest BCUT2D eigenvalue weighted by Crippen LogP contribution is -2.57. The molecule has 8 heteroatoms. The van der Waals surface area contributed by atoms with E-state index in [0.29, 0.717) is 33.4 Å². The summed E-state index contributed by atoms with van der Waals surface area (Å²) in [6.07, 6.45) is -0.000215. The molecule has 0 N–H and O–H groups in total. The van der Waals surface area contributed by atoms with Crippen LogP contribution in [0.5, 0.6) is 0 Å². The second kappa shape index (κ2) is 10.4. The third-order valence-electron chi connectivity index (χ3n) is 9.19. The number of amides is 2. The van der Waals surface area contributed by atoms with Gasteiger partial charge in [0.25, 0.3) is 0 Å². The van der Waals surface area contributed by atoms with Gasteiger partial charge in [-0.15, -0.1) is 23.2 Å². The van der Waals surface area contributed by atoms with Crippen molar-refractivity contribution in [3.63, 3.8) is 0 Å². The fourth-order valence-corrected chi connectivity index (χ4v) is 8.27. The van der Waals surface area contributed by atoms with E-state index in [4.69, 9.17) is 27.9 Å². The Bertz CT molecular complexity index is 1720. The number of aryl methyl sites for hydroxylation is 1. The van der Waals surface area contributed by atoms with E-state index in [1.165, 1.54) is 0 Å². The molecule has 0 aromatic heterocycles. The minimum atomic E-state index is -1.38. The third kappa shape index (κ3) is 4.01. The van der Waals surface area contributed by atoms with Crippen LogP contribution in [0, 0.1) is 18.8 Å². The number of carbonyl (C=O) groups excluding carboxylic acids is 4. The largest absolute Gasteiger partial charge is 0.456 e. The van der Waals surface area contributed by atoms with Crippen molar-refractivity contribution in [3.05, 3.63) is 142 Å². The van der Waals surface area contributed by atoms with E-state index in [9.17, 15) is 19.2 Å². The zero-order valence-corrected chi connectivity index (χ0v) is 25.2. The molecule has 1 aliphatic heterocycles. The van der Waals surface area contributed by atoms with E-state index in [2.05, 4.69) is 0 Å². The van der Waals surface area contributed by atoms with Crippen molar-refractivity contribution in [2.75, 3.05) is 6.61 Å². The molecular weight excluding hydrogens is 597 g/mol. The Labute approximate surface area is 264 Å². The smallest absolute Gasteiger partial charge is 0.330 e. The van der Waals surface area contributed by atoms with Gasteiger partial charge in [-0.1, -0.05) is 109 Å². The van der Waals surface area contributed by atoms with Gasteiger partial charge in [0.2, 0.25) is 11.8 Å². The minimum absolute atomic E-state index is 0.000215. The minimum Gasteiger partial charge on any atom is -0.456 e. The highest BCUT2D eigenvalue weighted by atomic mass is 35.5. The molecule has 2 bridgehead atoms. The van der Waals surface area contributed by atoms with E-state index in [-0.39, 0.29) is 6.42 Å². The summed E-state index contributed by atoms with van der Waals surface area (Å²) < 4.78 is 5.53. The maximum atomic E-state index is 14.5. The van der Waals surface area contributed by atoms with Crippen molar-refractivity contribution >= 4 is 46.8 Å². The van der Waals surface area contributed by atoms with Gasteiger partial charge in [-0.3, -0.25) is 19.3 Å². The van der Waals surface area contributed by atoms with E-state index in [1.54, 1.807) is 48.5 Å². The number of likely N-dealkylation sites (tertiary alicyclic amines) is 1. The molecule has 3 atom stereocenters. The fourth-order valence-electron chi connectivity index (χ4n) is 7.17.